The Labute approximate surface area is 421 Å². The molecule has 8 nitrogen and oxygen atoms in total. The molecule has 390 valence electrons. The summed E-state index contributed by atoms with van der Waals surface area (Å²) in [5.41, 5.74) is 1.75. The average Bonchev–Trinajstić information content (AvgIpc) is 3.35. The Morgan fingerprint density at radius 1 is 0.362 bits per heavy atom. The summed E-state index contributed by atoms with van der Waals surface area (Å²) in [6, 6.07) is 16.9. The topological polar surface area (TPSA) is 92.7 Å². The minimum atomic E-state index is -1.08. The molecule has 0 radical (unpaired) electrons. The minimum absolute atomic E-state index is 0.0394. The van der Waals surface area contributed by atoms with Crippen molar-refractivity contribution in [3.05, 3.63) is 71.3 Å². The smallest absolute Gasteiger partial charge is 0.339 e. The van der Waals surface area contributed by atoms with Crippen molar-refractivity contribution in [3.8, 4) is 34.5 Å². The predicted octanol–water partition coefficient (Wildman–Crippen LogP) is 18.6. The van der Waals surface area contributed by atoms with E-state index < -0.39 is 5.97 Å². The van der Waals surface area contributed by atoms with E-state index in [9.17, 15) is 9.90 Å². The number of rotatable bonds is 47. The summed E-state index contributed by atoms with van der Waals surface area (Å²) in [7, 11) is 0. The number of benzene rings is 3. The van der Waals surface area contributed by atoms with Crippen LogP contribution in [-0.2, 0) is 13.2 Å². The molecule has 3 aromatic carbocycles. The molecule has 0 aromatic heterocycles. The number of hydrogen-bond acceptors (Lipinski definition) is 7. The van der Waals surface area contributed by atoms with Crippen LogP contribution in [0.15, 0.2) is 54.6 Å². The zero-order valence-electron chi connectivity index (χ0n) is 44.4. The van der Waals surface area contributed by atoms with Gasteiger partial charge in [-0.25, -0.2) is 4.79 Å². The van der Waals surface area contributed by atoms with Crippen molar-refractivity contribution in [2.75, 3.05) is 26.4 Å². The molecule has 0 spiro atoms. The van der Waals surface area contributed by atoms with Gasteiger partial charge in [-0.1, -0.05) is 214 Å². The maximum absolute atomic E-state index is 12.6. The Hall–Kier alpha value is -4.07. The molecule has 1 N–H and O–H groups in total. The Bertz CT molecular complexity index is 1630. The van der Waals surface area contributed by atoms with Gasteiger partial charge in [0, 0.05) is 12.1 Å². The molecule has 0 unspecified atom stereocenters. The van der Waals surface area contributed by atoms with Crippen LogP contribution in [0.25, 0.3) is 0 Å². The molecule has 8 heteroatoms. The van der Waals surface area contributed by atoms with E-state index in [-0.39, 0.29) is 24.5 Å². The summed E-state index contributed by atoms with van der Waals surface area (Å²) >= 11 is 0. The lowest BCUT2D eigenvalue weighted by Crippen LogP contribution is -2.07. The molecule has 0 aliphatic rings. The fourth-order valence-corrected chi connectivity index (χ4v) is 8.73. The van der Waals surface area contributed by atoms with E-state index >= 15 is 0 Å². The highest BCUT2D eigenvalue weighted by Gasteiger charge is 2.18. The predicted molar refractivity (Wildman–Crippen MR) is 287 cm³/mol. The second kappa shape index (κ2) is 40.6. The van der Waals surface area contributed by atoms with Crippen molar-refractivity contribution in [2.45, 2.75) is 246 Å². The van der Waals surface area contributed by atoms with E-state index in [1.54, 1.807) is 18.2 Å². The Morgan fingerprint density at radius 3 is 0.957 bits per heavy atom. The quantitative estimate of drug-likeness (QED) is 0.0560. The van der Waals surface area contributed by atoms with Crippen molar-refractivity contribution in [2.24, 2.45) is 0 Å². The van der Waals surface area contributed by atoms with Gasteiger partial charge in [-0.3, -0.25) is 0 Å². The normalized spacial score (nSPS) is 11.2. The zero-order valence-corrected chi connectivity index (χ0v) is 44.4. The van der Waals surface area contributed by atoms with Gasteiger partial charge in [0.05, 0.1) is 26.4 Å². The summed E-state index contributed by atoms with van der Waals surface area (Å²) in [5, 5.41) is 10.3. The van der Waals surface area contributed by atoms with Crippen molar-refractivity contribution < 1.29 is 38.3 Å². The van der Waals surface area contributed by atoms with Crippen molar-refractivity contribution in [1.82, 2.24) is 0 Å². The molecule has 0 bridgehead atoms. The third kappa shape index (κ3) is 29.0. The third-order valence-corrected chi connectivity index (χ3v) is 12.9. The van der Waals surface area contributed by atoms with Gasteiger partial charge >= 0.3 is 5.97 Å². The maximum atomic E-state index is 12.6. The van der Waals surface area contributed by atoms with E-state index in [1.807, 2.05) is 36.4 Å². The summed E-state index contributed by atoms with van der Waals surface area (Å²) in [4.78, 5) is 12.6. The molecule has 0 aliphatic heterocycles. The maximum Gasteiger partial charge on any atom is 0.339 e. The van der Waals surface area contributed by atoms with Crippen LogP contribution in [0.3, 0.4) is 0 Å². The van der Waals surface area contributed by atoms with Crippen LogP contribution in [0, 0.1) is 0 Å². The first-order valence-corrected chi connectivity index (χ1v) is 28.4. The third-order valence-electron chi connectivity index (χ3n) is 12.9. The molecule has 0 saturated heterocycles. The van der Waals surface area contributed by atoms with Crippen LogP contribution in [0.2, 0.25) is 0 Å². The monoisotopic (exact) mass is 959 g/mol. The molecule has 3 aromatic rings. The summed E-state index contributed by atoms with van der Waals surface area (Å²) in [6.07, 6.45) is 39.6. The van der Waals surface area contributed by atoms with Crippen LogP contribution < -0.4 is 28.4 Å². The molecule has 0 atom stereocenters. The Morgan fingerprint density at radius 2 is 0.652 bits per heavy atom. The highest BCUT2D eigenvalue weighted by molar-refractivity contribution is 5.92. The van der Waals surface area contributed by atoms with Crippen molar-refractivity contribution in [1.29, 1.82) is 0 Å². The first-order chi connectivity index (χ1) is 34.0. The molecule has 0 heterocycles. The number of carbonyl (C=O) groups is 1. The van der Waals surface area contributed by atoms with E-state index in [0.29, 0.717) is 32.2 Å². The zero-order chi connectivity index (χ0) is 49.3. The molecular formula is C61H98O8. The molecule has 3 rings (SSSR count). The number of ether oxygens (including phenoxy) is 6. The first-order valence-electron chi connectivity index (χ1n) is 28.4. The standard InChI is InChI=1S/C61H98O8/c1-5-9-13-17-21-25-29-33-40-64-54-44-52(45-55(48-54)65-41-34-30-26-22-18-14-10-6-2)50-68-59-39-37-38-58(61(62)63)60(59)69-51-53-46-56(66-42-35-31-27-23-19-15-11-7-3)49-57(47-53)67-43-36-32-28-24-20-16-12-8-4/h37-39,44-49H,5-36,40-43,50-51H2,1-4H3,(H,62,63). The number of aromatic carboxylic acids is 1. The molecule has 69 heavy (non-hydrogen) atoms. The van der Waals surface area contributed by atoms with Crippen LogP contribution in [-0.4, -0.2) is 37.5 Å². The van der Waals surface area contributed by atoms with Crippen molar-refractivity contribution in [3.63, 3.8) is 0 Å². The summed E-state index contributed by atoms with van der Waals surface area (Å²) in [5.74, 6) is 2.44. The summed E-state index contributed by atoms with van der Waals surface area (Å²) < 4.78 is 38.1. The van der Waals surface area contributed by atoms with E-state index in [0.717, 1.165) is 85.5 Å². The van der Waals surface area contributed by atoms with E-state index in [4.69, 9.17) is 28.4 Å². The number of unbranched alkanes of at least 4 members (excludes halogenated alkanes) is 28. The lowest BCUT2D eigenvalue weighted by molar-refractivity contribution is 0.0690. The largest absolute Gasteiger partial charge is 0.493 e. The lowest BCUT2D eigenvalue weighted by Gasteiger charge is -2.17. The molecule has 0 amide bonds. The van der Waals surface area contributed by atoms with Gasteiger partial charge in [-0.2, -0.15) is 0 Å². The number of carboxylic acid groups (broad SMARTS) is 1. The van der Waals surface area contributed by atoms with Crippen LogP contribution >= 0.6 is 0 Å². The van der Waals surface area contributed by atoms with Gasteiger partial charge < -0.3 is 33.5 Å². The fourth-order valence-electron chi connectivity index (χ4n) is 8.73. The highest BCUT2D eigenvalue weighted by Crippen LogP contribution is 2.35. The van der Waals surface area contributed by atoms with Crippen LogP contribution in [0.1, 0.15) is 255 Å². The van der Waals surface area contributed by atoms with Gasteiger partial charge in [-0.05, 0) is 73.2 Å². The summed E-state index contributed by atoms with van der Waals surface area (Å²) in [6.45, 7) is 11.9. The Kier molecular flexibility index (Phi) is 34.9. The second-order valence-electron chi connectivity index (χ2n) is 19.4. The molecule has 0 aliphatic carbocycles. The average molecular weight is 959 g/mol. The highest BCUT2D eigenvalue weighted by atomic mass is 16.5. The van der Waals surface area contributed by atoms with Crippen LogP contribution in [0.4, 0.5) is 0 Å². The van der Waals surface area contributed by atoms with Gasteiger partial charge in [0.15, 0.2) is 11.5 Å². The van der Waals surface area contributed by atoms with E-state index in [1.165, 1.54) is 154 Å². The van der Waals surface area contributed by atoms with Gasteiger partial charge in [0.1, 0.15) is 41.8 Å². The van der Waals surface area contributed by atoms with E-state index in [2.05, 4.69) is 27.7 Å². The van der Waals surface area contributed by atoms with Gasteiger partial charge in [0.2, 0.25) is 0 Å². The van der Waals surface area contributed by atoms with Gasteiger partial charge in [-0.15, -0.1) is 0 Å². The first kappa shape index (κ1) is 59.2. The van der Waals surface area contributed by atoms with Gasteiger partial charge in [0.25, 0.3) is 0 Å². The number of carboxylic acids is 1. The number of para-hydroxylation sites is 1. The lowest BCUT2D eigenvalue weighted by atomic mass is 10.1. The SMILES string of the molecule is CCCCCCCCCCOc1cc(COc2cccc(C(=O)O)c2OCc2cc(OCCCCCCCCCC)cc(OCCCCCCCCCC)c2)cc(OCCCCCCCCCC)c1. The molecule has 0 fully saturated rings. The molecular weight excluding hydrogens is 861 g/mol. The second-order valence-corrected chi connectivity index (χ2v) is 19.4. The number of hydrogen-bond donors (Lipinski definition) is 1. The van der Waals surface area contributed by atoms with Crippen LogP contribution in [0.5, 0.6) is 34.5 Å². The minimum Gasteiger partial charge on any atom is -0.493 e. The Balaban J connectivity index is 1.70. The molecule has 0 saturated carbocycles. The fraction of sp³-hybridized carbons (Fsp3) is 0.689. The van der Waals surface area contributed by atoms with Crippen molar-refractivity contribution >= 4 is 5.97 Å².